The number of ketones is 1. The quantitative estimate of drug-likeness (QED) is 0.477. The van der Waals surface area contributed by atoms with Gasteiger partial charge in [0, 0.05) is 34.6 Å². The summed E-state index contributed by atoms with van der Waals surface area (Å²) >= 11 is 0. The van der Waals surface area contributed by atoms with E-state index in [4.69, 9.17) is 18.6 Å². The average Bonchev–Trinajstić information content (AvgIpc) is 3.42. The highest BCUT2D eigenvalue weighted by atomic mass is 16.7. The third-order valence-corrected chi connectivity index (χ3v) is 4.83. The summed E-state index contributed by atoms with van der Waals surface area (Å²) in [7, 11) is 0. The summed E-state index contributed by atoms with van der Waals surface area (Å²) in [5.41, 5.74) is 2.79. The lowest BCUT2D eigenvalue weighted by Gasteiger charge is -2.16. The summed E-state index contributed by atoms with van der Waals surface area (Å²) in [4.78, 5) is 27.5. The first-order valence-electron chi connectivity index (χ1n) is 9.57. The molecule has 0 saturated carbocycles. The smallest absolute Gasteiger partial charge is 0.306 e. The van der Waals surface area contributed by atoms with Crippen molar-refractivity contribution < 1.29 is 28.2 Å². The van der Waals surface area contributed by atoms with Crippen molar-refractivity contribution in [3.8, 4) is 11.1 Å². The Kier molecular flexibility index (Phi) is 5.25. The largest absolute Gasteiger partial charge is 0.463 e. The van der Waals surface area contributed by atoms with Gasteiger partial charge in [0.15, 0.2) is 17.3 Å². The molecule has 3 aromatic rings. The molecule has 1 aliphatic rings. The summed E-state index contributed by atoms with van der Waals surface area (Å²) in [5.74, 6) is -1.12. The molecule has 0 radical (unpaired) electrons. The number of hydrogen-bond acceptors (Lipinski definition) is 6. The molecule has 1 atom stereocenters. The fourth-order valence-electron chi connectivity index (χ4n) is 3.38. The Hall–Kier alpha value is -2.90. The number of nitrogens with one attached hydrogen (secondary N) is 1. The zero-order valence-electron chi connectivity index (χ0n) is 16.4. The van der Waals surface area contributed by atoms with Gasteiger partial charge in [-0.3, -0.25) is 9.59 Å². The van der Waals surface area contributed by atoms with E-state index in [1.165, 1.54) is 0 Å². The molecular formula is C22H23NO6. The second-order valence-corrected chi connectivity index (χ2v) is 7.50. The molecule has 0 spiro atoms. The maximum atomic E-state index is 12.4. The number of carbonyl (C=O) groups is 2. The van der Waals surface area contributed by atoms with Crippen LogP contribution in [0.1, 0.15) is 37.2 Å². The second kappa shape index (κ2) is 7.85. The number of rotatable bonds is 7. The van der Waals surface area contributed by atoms with Gasteiger partial charge in [-0.25, -0.2) is 0 Å². The number of furan rings is 1. The lowest BCUT2D eigenvalue weighted by molar-refractivity contribution is -0.158. The van der Waals surface area contributed by atoms with E-state index in [1.54, 1.807) is 26.2 Å². The minimum atomic E-state index is -0.658. The number of fused-ring (bicyclic) bond motifs is 1. The topological polar surface area (TPSA) is 90.8 Å². The van der Waals surface area contributed by atoms with Crippen molar-refractivity contribution in [1.82, 2.24) is 4.98 Å². The van der Waals surface area contributed by atoms with Gasteiger partial charge in [-0.15, -0.1) is 0 Å². The number of H-pyrrole nitrogens is 1. The molecule has 1 N–H and O–H groups in total. The van der Waals surface area contributed by atoms with Crippen molar-refractivity contribution in [3.05, 3.63) is 48.6 Å². The zero-order valence-corrected chi connectivity index (χ0v) is 16.4. The van der Waals surface area contributed by atoms with Gasteiger partial charge in [0.2, 0.25) is 0 Å². The van der Waals surface area contributed by atoms with Crippen LogP contribution in [0.15, 0.2) is 47.2 Å². The normalized spacial score (nSPS) is 18.2. The Balaban J connectivity index is 1.30. The molecule has 0 bridgehead atoms. The molecule has 0 amide bonds. The van der Waals surface area contributed by atoms with Crippen molar-refractivity contribution >= 4 is 22.7 Å². The van der Waals surface area contributed by atoms with Crippen molar-refractivity contribution in [2.24, 2.45) is 0 Å². The van der Waals surface area contributed by atoms with Crippen LogP contribution < -0.4 is 0 Å². The molecule has 3 heterocycles. The van der Waals surface area contributed by atoms with E-state index in [1.807, 2.05) is 30.5 Å². The van der Waals surface area contributed by atoms with Gasteiger partial charge >= 0.3 is 5.97 Å². The molecule has 1 saturated heterocycles. The summed E-state index contributed by atoms with van der Waals surface area (Å²) in [6.07, 6.45) is 3.16. The summed E-state index contributed by atoms with van der Waals surface area (Å²) in [6, 6.07) is 9.61. The van der Waals surface area contributed by atoms with Gasteiger partial charge in [0.1, 0.15) is 12.7 Å². The van der Waals surface area contributed by atoms with Gasteiger partial charge in [0.05, 0.1) is 19.3 Å². The van der Waals surface area contributed by atoms with Crippen molar-refractivity contribution in [1.29, 1.82) is 0 Å². The number of Topliss-reactive ketones (excluding diaryl/α,β-unsaturated/α-hetero) is 1. The van der Waals surface area contributed by atoms with E-state index in [0.717, 1.165) is 22.0 Å². The van der Waals surface area contributed by atoms with Gasteiger partial charge in [-0.05, 0) is 26.0 Å². The van der Waals surface area contributed by atoms with Gasteiger partial charge in [-0.1, -0.05) is 18.2 Å². The van der Waals surface area contributed by atoms with Crippen LogP contribution >= 0.6 is 0 Å². The molecule has 1 unspecified atom stereocenters. The van der Waals surface area contributed by atoms with Crippen molar-refractivity contribution in [2.45, 2.75) is 38.6 Å². The maximum Gasteiger partial charge on any atom is 0.306 e. The highest BCUT2D eigenvalue weighted by Crippen LogP contribution is 2.30. The van der Waals surface area contributed by atoms with E-state index in [-0.39, 0.29) is 37.1 Å². The highest BCUT2D eigenvalue weighted by Gasteiger charge is 2.33. The molecule has 4 rings (SSSR count). The summed E-state index contributed by atoms with van der Waals surface area (Å²) in [6.45, 7) is 4.10. The Morgan fingerprint density at radius 3 is 2.86 bits per heavy atom. The van der Waals surface area contributed by atoms with Gasteiger partial charge in [0.25, 0.3) is 0 Å². The number of carbonyl (C=O) groups excluding carboxylic acids is 2. The SMILES string of the molecule is CC1(C)OCC(COC(=O)CCC(=O)c2cc(-c3c[nH]c4ccccc34)co2)O1. The lowest BCUT2D eigenvalue weighted by Crippen LogP contribution is -2.25. The molecule has 7 heteroatoms. The third kappa shape index (κ3) is 4.41. The predicted molar refractivity (Wildman–Crippen MR) is 105 cm³/mol. The van der Waals surface area contributed by atoms with Gasteiger partial charge in [-0.2, -0.15) is 0 Å². The molecule has 1 fully saturated rings. The van der Waals surface area contributed by atoms with Crippen LogP contribution in [-0.4, -0.2) is 41.8 Å². The molecule has 152 valence electrons. The number of aromatic amines is 1. The molecule has 0 aliphatic carbocycles. The Labute approximate surface area is 167 Å². The van der Waals surface area contributed by atoms with E-state index >= 15 is 0 Å². The second-order valence-electron chi connectivity index (χ2n) is 7.50. The fourth-order valence-corrected chi connectivity index (χ4v) is 3.38. The van der Waals surface area contributed by atoms with Crippen LogP contribution in [0.3, 0.4) is 0 Å². The molecule has 2 aromatic heterocycles. The van der Waals surface area contributed by atoms with Crippen LogP contribution in [-0.2, 0) is 19.0 Å². The molecule has 1 aliphatic heterocycles. The Morgan fingerprint density at radius 2 is 2.07 bits per heavy atom. The molecule has 1 aromatic carbocycles. The van der Waals surface area contributed by atoms with Crippen LogP contribution in [0.25, 0.3) is 22.0 Å². The standard InChI is InChI=1S/C22H23NO6/c1-22(2)28-13-15(29-22)12-27-21(25)8-7-19(24)20-9-14(11-26-20)17-10-23-18-6-4-3-5-16(17)18/h3-6,9-11,15,23H,7-8,12-13H2,1-2H3. The number of ether oxygens (including phenoxy) is 3. The Bertz CT molecular complexity index is 1030. The Morgan fingerprint density at radius 1 is 1.24 bits per heavy atom. The first-order valence-corrected chi connectivity index (χ1v) is 9.57. The summed E-state index contributed by atoms with van der Waals surface area (Å²) < 4.78 is 21.6. The van der Waals surface area contributed by atoms with Gasteiger partial charge < -0.3 is 23.6 Å². The summed E-state index contributed by atoms with van der Waals surface area (Å²) in [5, 5.41) is 1.05. The number of hydrogen-bond donors (Lipinski definition) is 1. The van der Waals surface area contributed by atoms with Crippen molar-refractivity contribution in [2.75, 3.05) is 13.2 Å². The minimum Gasteiger partial charge on any atom is -0.463 e. The zero-order chi connectivity index (χ0) is 20.4. The number of aromatic nitrogens is 1. The number of benzene rings is 1. The average molecular weight is 397 g/mol. The third-order valence-electron chi connectivity index (χ3n) is 4.83. The molecular weight excluding hydrogens is 374 g/mol. The number of esters is 1. The first kappa shape index (κ1) is 19.4. The molecule has 7 nitrogen and oxygen atoms in total. The van der Waals surface area contributed by atoms with E-state index < -0.39 is 11.8 Å². The molecule has 29 heavy (non-hydrogen) atoms. The van der Waals surface area contributed by atoms with Crippen LogP contribution in [0.5, 0.6) is 0 Å². The monoisotopic (exact) mass is 397 g/mol. The van der Waals surface area contributed by atoms with E-state index in [9.17, 15) is 9.59 Å². The van der Waals surface area contributed by atoms with E-state index in [0.29, 0.717) is 6.61 Å². The van der Waals surface area contributed by atoms with E-state index in [2.05, 4.69) is 4.98 Å². The fraction of sp³-hybridized carbons (Fsp3) is 0.364. The van der Waals surface area contributed by atoms with Crippen LogP contribution in [0, 0.1) is 0 Å². The first-order chi connectivity index (χ1) is 13.9. The maximum absolute atomic E-state index is 12.4. The highest BCUT2D eigenvalue weighted by molar-refractivity contribution is 5.99. The number of para-hydroxylation sites is 1. The van der Waals surface area contributed by atoms with Crippen LogP contribution in [0.4, 0.5) is 0 Å². The predicted octanol–water partition coefficient (Wildman–Crippen LogP) is 4.09. The van der Waals surface area contributed by atoms with Crippen LogP contribution in [0.2, 0.25) is 0 Å². The minimum absolute atomic E-state index is 0.0150. The lowest BCUT2D eigenvalue weighted by atomic mass is 10.1. The van der Waals surface area contributed by atoms with Crippen molar-refractivity contribution in [3.63, 3.8) is 0 Å².